The first kappa shape index (κ1) is 13.7. The fraction of sp³-hybridized carbons (Fsp3) is 0.250. The van der Waals surface area contributed by atoms with Gasteiger partial charge in [0.25, 0.3) is 0 Å². The van der Waals surface area contributed by atoms with Gasteiger partial charge in [0.2, 0.25) is 0 Å². The molecule has 1 unspecified atom stereocenters. The van der Waals surface area contributed by atoms with Crippen LogP contribution in [0.5, 0.6) is 5.75 Å². The smallest absolute Gasteiger partial charge is 0.139 e. The van der Waals surface area contributed by atoms with Crippen LogP contribution in [-0.4, -0.2) is 12.9 Å². The second-order valence-electron chi connectivity index (χ2n) is 4.76. The number of halogens is 1. The summed E-state index contributed by atoms with van der Waals surface area (Å²) in [5.74, 6) is 2.87. The Hall–Kier alpha value is -1.32. The van der Waals surface area contributed by atoms with Crippen molar-refractivity contribution in [2.45, 2.75) is 11.8 Å². The van der Waals surface area contributed by atoms with Crippen molar-refractivity contribution in [1.82, 2.24) is 0 Å². The van der Waals surface area contributed by atoms with Crippen molar-refractivity contribution in [3.05, 3.63) is 58.6 Å². The van der Waals surface area contributed by atoms with E-state index in [0.29, 0.717) is 16.8 Å². The molecule has 2 aromatic carbocycles. The first-order chi connectivity index (χ1) is 9.78. The Morgan fingerprint density at radius 1 is 1.25 bits per heavy atom. The summed E-state index contributed by atoms with van der Waals surface area (Å²) >= 11 is 8.02. The van der Waals surface area contributed by atoms with E-state index in [1.54, 1.807) is 7.11 Å². The third kappa shape index (κ3) is 2.74. The fourth-order valence-corrected chi connectivity index (χ4v) is 3.75. The Morgan fingerprint density at radius 2 is 2.10 bits per heavy atom. The van der Waals surface area contributed by atoms with Crippen molar-refractivity contribution in [3.8, 4) is 5.75 Å². The third-order valence-electron chi connectivity index (χ3n) is 3.46. The van der Waals surface area contributed by atoms with Crippen LogP contribution >= 0.6 is 23.4 Å². The summed E-state index contributed by atoms with van der Waals surface area (Å²) in [4.78, 5) is 0. The Kier molecular flexibility index (Phi) is 4.08. The lowest BCUT2D eigenvalue weighted by Crippen LogP contribution is -2.18. The molecule has 4 heteroatoms. The maximum atomic E-state index is 6.06. The molecule has 0 spiro atoms. The minimum atomic E-state index is 0.329. The Labute approximate surface area is 128 Å². The normalized spacial score (nSPS) is 17.4. The van der Waals surface area contributed by atoms with Gasteiger partial charge in [-0.25, -0.2) is 0 Å². The first-order valence-corrected chi connectivity index (χ1v) is 8.07. The number of thioether (sulfide) groups is 1. The highest BCUT2D eigenvalue weighted by Gasteiger charge is 2.20. The van der Waals surface area contributed by atoms with E-state index in [-0.39, 0.29) is 0 Å². The summed E-state index contributed by atoms with van der Waals surface area (Å²) in [7, 11) is 1.64. The topological polar surface area (TPSA) is 21.3 Å². The number of methoxy groups -OCH3 is 1. The van der Waals surface area contributed by atoms with Crippen LogP contribution in [0.4, 0.5) is 5.69 Å². The Morgan fingerprint density at radius 3 is 2.95 bits per heavy atom. The minimum absolute atomic E-state index is 0.329. The fourth-order valence-electron chi connectivity index (χ4n) is 2.45. The van der Waals surface area contributed by atoms with Crippen LogP contribution in [0.2, 0.25) is 5.02 Å². The molecule has 0 amide bonds. The van der Waals surface area contributed by atoms with Crippen LogP contribution in [0.15, 0.2) is 42.5 Å². The van der Waals surface area contributed by atoms with Crippen LogP contribution < -0.4 is 10.1 Å². The molecule has 104 valence electrons. The van der Waals surface area contributed by atoms with Crippen molar-refractivity contribution in [2.75, 3.05) is 18.2 Å². The van der Waals surface area contributed by atoms with Crippen molar-refractivity contribution >= 4 is 29.1 Å². The molecule has 1 N–H and O–H groups in total. The summed E-state index contributed by atoms with van der Waals surface area (Å²) in [6.45, 7) is 0. The van der Waals surface area contributed by atoms with Crippen molar-refractivity contribution in [1.29, 1.82) is 0 Å². The van der Waals surface area contributed by atoms with Gasteiger partial charge in [0, 0.05) is 23.3 Å². The van der Waals surface area contributed by atoms with Gasteiger partial charge >= 0.3 is 0 Å². The second kappa shape index (κ2) is 5.98. The lowest BCUT2D eigenvalue weighted by atomic mass is 10.0. The van der Waals surface area contributed by atoms with E-state index >= 15 is 0 Å². The van der Waals surface area contributed by atoms with Gasteiger partial charge in [-0.05, 0) is 23.3 Å². The van der Waals surface area contributed by atoms with Crippen molar-refractivity contribution < 1.29 is 4.74 Å². The molecule has 0 radical (unpaired) electrons. The summed E-state index contributed by atoms with van der Waals surface area (Å²) in [6.07, 6.45) is 0. The van der Waals surface area contributed by atoms with Crippen molar-refractivity contribution in [3.63, 3.8) is 0 Å². The molecule has 0 bridgehead atoms. The molecular weight excluding hydrogens is 290 g/mol. The number of rotatable bonds is 3. The molecule has 1 heterocycles. The van der Waals surface area contributed by atoms with E-state index in [1.165, 1.54) is 11.1 Å². The standard InChI is InChI=1S/C16H16ClNOS/c1-19-16-8-12(6-7-14(16)17)18-15-10-20-9-11-4-2-3-5-13(11)15/h2-8,15,18H,9-10H2,1H3. The van der Waals surface area contributed by atoms with E-state index in [4.69, 9.17) is 16.3 Å². The number of nitrogens with one attached hydrogen (secondary N) is 1. The number of fused-ring (bicyclic) bond motifs is 1. The number of benzene rings is 2. The van der Waals surface area contributed by atoms with E-state index in [1.807, 2.05) is 30.0 Å². The number of ether oxygens (including phenoxy) is 1. The largest absolute Gasteiger partial charge is 0.495 e. The summed E-state index contributed by atoms with van der Waals surface area (Å²) < 4.78 is 5.27. The predicted octanol–water partition coefficient (Wildman–Crippen LogP) is 4.75. The number of hydrogen-bond acceptors (Lipinski definition) is 3. The van der Waals surface area contributed by atoms with E-state index in [2.05, 4.69) is 29.6 Å². The molecule has 1 aliphatic heterocycles. The van der Waals surface area contributed by atoms with E-state index in [0.717, 1.165) is 17.2 Å². The lowest BCUT2D eigenvalue weighted by Gasteiger charge is -2.27. The second-order valence-corrected chi connectivity index (χ2v) is 6.20. The zero-order chi connectivity index (χ0) is 13.9. The maximum absolute atomic E-state index is 6.06. The summed E-state index contributed by atoms with van der Waals surface area (Å²) in [6, 6.07) is 14.8. The van der Waals surface area contributed by atoms with Crippen molar-refractivity contribution in [2.24, 2.45) is 0 Å². The molecule has 2 aromatic rings. The SMILES string of the molecule is COc1cc(NC2CSCc3ccccc32)ccc1Cl. The lowest BCUT2D eigenvalue weighted by molar-refractivity contribution is 0.415. The molecule has 2 nitrogen and oxygen atoms in total. The van der Waals surface area contributed by atoms with Gasteiger partial charge < -0.3 is 10.1 Å². The molecule has 1 atom stereocenters. The highest BCUT2D eigenvalue weighted by Crippen LogP contribution is 2.35. The average Bonchev–Trinajstić information content (AvgIpc) is 2.49. The minimum Gasteiger partial charge on any atom is -0.495 e. The van der Waals surface area contributed by atoms with Gasteiger partial charge in [0.1, 0.15) is 5.75 Å². The molecule has 0 fully saturated rings. The quantitative estimate of drug-likeness (QED) is 0.884. The van der Waals surface area contributed by atoms with E-state index < -0.39 is 0 Å². The highest BCUT2D eigenvalue weighted by molar-refractivity contribution is 7.98. The van der Waals surface area contributed by atoms with Gasteiger partial charge in [-0.15, -0.1) is 0 Å². The van der Waals surface area contributed by atoms with Crippen LogP contribution in [0.3, 0.4) is 0 Å². The monoisotopic (exact) mass is 305 g/mol. The summed E-state index contributed by atoms with van der Waals surface area (Å²) in [5, 5.41) is 4.22. The molecule has 3 rings (SSSR count). The van der Waals surface area contributed by atoms with Gasteiger partial charge in [-0.2, -0.15) is 11.8 Å². The predicted molar refractivity (Wildman–Crippen MR) is 87.0 cm³/mol. The third-order valence-corrected chi connectivity index (χ3v) is 4.86. The summed E-state index contributed by atoms with van der Waals surface area (Å²) in [5.41, 5.74) is 3.84. The maximum Gasteiger partial charge on any atom is 0.139 e. The Bertz CT molecular complexity index is 617. The molecule has 0 saturated heterocycles. The van der Waals surface area contributed by atoms with Gasteiger partial charge in [-0.1, -0.05) is 35.9 Å². The van der Waals surface area contributed by atoms with Gasteiger partial charge in [0.15, 0.2) is 0 Å². The van der Waals surface area contributed by atoms with Crippen LogP contribution in [0.25, 0.3) is 0 Å². The molecular formula is C16H16ClNOS. The molecule has 0 saturated carbocycles. The molecule has 20 heavy (non-hydrogen) atoms. The van der Waals surface area contributed by atoms with Gasteiger partial charge in [0.05, 0.1) is 18.2 Å². The molecule has 0 aromatic heterocycles. The Balaban J connectivity index is 1.85. The van der Waals surface area contributed by atoms with E-state index in [9.17, 15) is 0 Å². The molecule has 0 aliphatic carbocycles. The first-order valence-electron chi connectivity index (χ1n) is 6.53. The highest BCUT2D eigenvalue weighted by atomic mass is 35.5. The zero-order valence-corrected chi connectivity index (χ0v) is 12.8. The average molecular weight is 306 g/mol. The van der Waals surface area contributed by atoms with Crippen LogP contribution in [0, 0.1) is 0 Å². The molecule has 1 aliphatic rings. The van der Waals surface area contributed by atoms with Crippen LogP contribution in [0.1, 0.15) is 17.2 Å². The van der Waals surface area contributed by atoms with Gasteiger partial charge in [-0.3, -0.25) is 0 Å². The number of hydrogen-bond donors (Lipinski definition) is 1. The zero-order valence-electron chi connectivity index (χ0n) is 11.2. The van der Waals surface area contributed by atoms with Crippen LogP contribution in [-0.2, 0) is 5.75 Å². The number of anilines is 1.